The molecule has 4 heterocycles. The SMILES string of the molecule is Cc1ccc(C(=O)N2CCc3c(sc4c3C(=O)N(C)CC(=O)N4CC3CC3)C2)s1. The highest BCUT2D eigenvalue weighted by molar-refractivity contribution is 7.17. The Hall–Kier alpha value is -2.19. The minimum Gasteiger partial charge on any atom is -0.332 e. The van der Waals surface area contributed by atoms with Gasteiger partial charge in [0, 0.05) is 29.9 Å². The Bertz CT molecular complexity index is 1020. The van der Waals surface area contributed by atoms with Gasteiger partial charge in [0.25, 0.3) is 11.8 Å². The number of carbonyl (C=O) groups is 3. The molecular weight excluding hydrogens is 406 g/mol. The Balaban J connectivity index is 1.49. The summed E-state index contributed by atoms with van der Waals surface area (Å²) >= 11 is 3.04. The molecule has 1 saturated carbocycles. The van der Waals surface area contributed by atoms with E-state index in [1.165, 1.54) is 27.6 Å². The largest absolute Gasteiger partial charge is 0.332 e. The van der Waals surface area contributed by atoms with Crippen LogP contribution in [-0.2, 0) is 17.8 Å². The van der Waals surface area contributed by atoms with Gasteiger partial charge in [0.1, 0.15) is 11.5 Å². The summed E-state index contributed by atoms with van der Waals surface area (Å²) in [5.74, 6) is 0.515. The molecule has 5 rings (SSSR count). The van der Waals surface area contributed by atoms with E-state index in [0.717, 1.165) is 38.0 Å². The molecule has 29 heavy (non-hydrogen) atoms. The normalized spacial score (nSPS) is 19.3. The lowest BCUT2D eigenvalue weighted by molar-refractivity contribution is -0.119. The molecule has 0 aromatic carbocycles. The third-order valence-electron chi connectivity index (χ3n) is 5.89. The van der Waals surface area contributed by atoms with Crippen LogP contribution in [0.4, 0.5) is 5.00 Å². The maximum absolute atomic E-state index is 13.1. The second-order valence-corrected chi connectivity index (χ2v) is 10.6. The van der Waals surface area contributed by atoms with Crippen LogP contribution in [0, 0.1) is 12.8 Å². The standard InChI is InChI=1S/C21H23N3O3S2/c1-12-3-6-15(28-12)19(26)23-8-7-14-16(10-23)29-21-18(14)20(27)22(2)11-17(25)24(21)9-13-4-5-13/h3,6,13H,4-5,7-11H2,1-2H3. The zero-order valence-corrected chi connectivity index (χ0v) is 18.2. The third-order valence-corrected chi connectivity index (χ3v) is 8.12. The Labute approximate surface area is 177 Å². The van der Waals surface area contributed by atoms with E-state index >= 15 is 0 Å². The molecule has 2 aliphatic heterocycles. The molecule has 1 fully saturated rings. The van der Waals surface area contributed by atoms with E-state index in [2.05, 4.69) is 0 Å². The molecule has 152 valence electrons. The molecule has 8 heteroatoms. The molecule has 0 unspecified atom stereocenters. The second kappa shape index (κ2) is 6.95. The molecule has 3 amide bonds. The number of hydrogen-bond donors (Lipinski definition) is 0. The second-order valence-electron chi connectivity index (χ2n) is 8.18. The zero-order chi connectivity index (χ0) is 20.3. The van der Waals surface area contributed by atoms with Gasteiger partial charge in [0.15, 0.2) is 0 Å². The highest BCUT2D eigenvalue weighted by Crippen LogP contribution is 2.43. The molecule has 6 nitrogen and oxygen atoms in total. The summed E-state index contributed by atoms with van der Waals surface area (Å²) < 4.78 is 0. The number of likely N-dealkylation sites (N-methyl/N-ethyl adjacent to an activating group) is 1. The van der Waals surface area contributed by atoms with Crippen LogP contribution >= 0.6 is 22.7 Å². The van der Waals surface area contributed by atoms with E-state index in [9.17, 15) is 14.4 Å². The maximum Gasteiger partial charge on any atom is 0.264 e. The lowest BCUT2D eigenvalue weighted by Gasteiger charge is -2.27. The van der Waals surface area contributed by atoms with Crippen LogP contribution in [0.2, 0.25) is 0 Å². The lowest BCUT2D eigenvalue weighted by atomic mass is 10.0. The van der Waals surface area contributed by atoms with Gasteiger partial charge in [-0.1, -0.05) is 0 Å². The van der Waals surface area contributed by atoms with Crippen LogP contribution in [0.25, 0.3) is 0 Å². The number of carbonyl (C=O) groups excluding carboxylic acids is 3. The number of aryl methyl sites for hydroxylation is 1. The number of nitrogens with zero attached hydrogens (tertiary/aromatic N) is 3. The predicted octanol–water partition coefficient (Wildman–Crippen LogP) is 3.15. The third kappa shape index (κ3) is 3.28. The van der Waals surface area contributed by atoms with Crippen molar-refractivity contribution in [1.29, 1.82) is 0 Å². The van der Waals surface area contributed by atoms with Gasteiger partial charge >= 0.3 is 0 Å². The molecule has 0 saturated heterocycles. The molecular formula is C21H23N3O3S2. The van der Waals surface area contributed by atoms with E-state index in [-0.39, 0.29) is 24.3 Å². The van der Waals surface area contributed by atoms with Gasteiger partial charge < -0.3 is 14.7 Å². The Morgan fingerprint density at radius 1 is 1.17 bits per heavy atom. The molecule has 1 aliphatic carbocycles. The Kier molecular flexibility index (Phi) is 4.51. The van der Waals surface area contributed by atoms with E-state index in [1.807, 2.05) is 28.9 Å². The van der Waals surface area contributed by atoms with Gasteiger partial charge in [-0.05, 0) is 49.8 Å². The van der Waals surface area contributed by atoms with E-state index < -0.39 is 0 Å². The van der Waals surface area contributed by atoms with Crippen molar-refractivity contribution in [3.63, 3.8) is 0 Å². The summed E-state index contributed by atoms with van der Waals surface area (Å²) in [5, 5.41) is 0.794. The minimum absolute atomic E-state index is 0.00732. The van der Waals surface area contributed by atoms with Gasteiger partial charge in [-0.15, -0.1) is 22.7 Å². The van der Waals surface area contributed by atoms with Crippen molar-refractivity contribution in [3.05, 3.63) is 37.9 Å². The fraction of sp³-hybridized carbons (Fsp3) is 0.476. The van der Waals surface area contributed by atoms with Crippen molar-refractivity contribution in [1.82, 2.24) is 9.80 Å². The van der Waals surface area contributed by atoms with Crippen LogP contribution in [0.5, 0.6) is 0 Å². The van der Waals surface area contributed by atoms with Crippen molar-refractivity contribution in [2.75, 3.05) is 31.6 Å². The van der Waals surface area contributed by atoms with Gasteiger partial charge in [-0.25, -0.2) is 0 Å². The minimum atomic E-state index is -0.0715. The maximum atomic E-state index is 13.1. The molecule has 0 spiro atoms. The van der Waals surface area contributed by atoms with Crippen molar-refractivity contribution < 1.29 is 14.4 Å². The molecule has 0 N–H and O–H groups in total. The smallest absolute Gasteiger partial charge is 0.264 e. The number of fused-ring (bicyclic) bond motifs is 3. The zero-order valence-electron chi connectivity index (χ0n) is 16.6. The quantitative estimate of drug-likeness (QED) is 0.753. The van der Waals surface area contributed by atoms with Crippen LogP contribution in [0.15, 0.2) is 12.1 Å². The Morgan fingerprint density at radius 2 is 1.97 bits per heavy atom. The number of anilines is 1. The average Bonchev–Trinajstić information content (AvgIpc) is 3.31. The summed E-state index contributed by atoms with van der Waals surface area (Å²) in [4.78, 5) is 47.0. The summed E-state index contributed by atoms with van der Waals surface area (Å²) in [6.07, 6.45) is 2.95. The van der Waals surface area contributed by atoms with Gasteiger partial charge in [-0.3, -0.25) is 14.4 Å². The first kappa shape index (κ1) is 18.8. The lowest BCUT2D eigenvalue weighted by Crippen LogP contribution is -2.38. The summed E-state index contributed by atoms with van der Waals surface area (Å²) in [7, 11) is 1.70. The van der Waals surface area contributed by atoms with Gasteiger partial charge in [0.2, 0.25) is 5.91 Å². The number of hydrogen-bond acceptors (Lipinski definition) is 5. The fourth-order valence-electron chi connectivity index (χ4n) is 4.09. The van der Waals surface area contributed by atoms with Crippen molar-refractivity contribution >= 4 is 45.4 Å². The topological polar surface area (TPSA) is 60.9 Å². The van der Waals surface area contributed by atoms with Gasteiger partial charge in [0.05, 0.1) is 17.0 Å². The molecule has 3 aliphatic rings. The van der Waals surface area contributed by atoms with Gasteiger partial charge in [-0.2, -0.15) is 0 Å². The van der Waals surface area contributed by atoms with Crippen LogP contribution in [0.3, 0.4) is 0 Å². The predicted molar refractivity (Wildman–Crippen MR) is 114 cm³/mol. The molecule has 2 aromatic rings. The highest BCUT2D eigenvalue weighted by Gasteiger charge is 2.39. The molecule has 2 aromatic heterocycles. The van der Waals surface area contributed by atoms with E-state index in [4.69, 9.17) is 0 Å². The highest BCUT2D eigenvalue weighted by atomic mass is 32.1. The van der Waals surface area contributed by atoms with Crippen molar-refractivity contribution in [3.8, 4) is 0 Å². The fourth-order valence-corrected chi connectivity index (χ4v) is 6.30. The molecule has 0 radical (unpaired) electrons. The van der Waals surface area contributed by atoms with Crippen LogP contribution in [-0.4, -0.2) is 54.2 Å². The number of thiophene rings is 2. The number of amides is 3. The van der Waals surface area contributed by atoms with Crippen molar-refractivity contribution in [2.45, 2.75) is 32.7 Å². The van der Waals surface area contributed by atoms with Crippen LogP contribution in [0.1, 0.15) is 48.2 Å². The molecule has 0 atom stereocenters. The number of rotatable bonds is 3. The Morgan fingerprint density at radius 3 is 2.66 bits per heavy atom. The van der Waals surface area contributed by atoms with E-state index in [1.54, 1.807) is 7.05 Å². The first-order valence-corrected chi connectivity index (χ1v) is 11.6. The van der Waals surface area contributed by atoms with Crippen molar-refractivity contribution in [2.24, 2.45) is 5.92 Å². The van der Waals surface area contributed by atoms with Crippen LogP contribution < -0.4 is 4.90 Å². The summed E-state index contributed by atoms with van der Waals surface area (Å²) in [5.41, 5.74) is 1.72. The van der Waals surface area contributed by atoms with E-state index in [0.29, 0.717) is 37.5 Å². The first-order valence-electron chi connectivity index (χ1n) is 9.98. The summed E-state index contributed by atoms with van der Waals surface area (Å²) in [6, 6.07) is 3.85. The first-order chi connectivity index (χ1) is 13.9. The summed E-state index contributed by atoms with van der Waals surface area (Å²) in [6.45, 7) is 3.93. The average molecular weight is 430 g/mol. The molecule has 0 bridgehead atoms. The monoisotopic (exact) mass is 429 g/mol.